The highest BCUT2D eigenvalue weighted by atomic mass is 16.5. The van der Waals surface area contributed by atoms with Gasteiger partial charge in [-0.3, -0.25) is 4.79 Å². The summed E-state index contributed by atoms with van der Waals surface area (Å²) in [4.78, 5) is 23.0. The van der Waals surface area contributed by atoms with Crippen molar-refractivity contribution in [2.75, 3.05) is 13.7 Å². The van der Waals surface area contributed by atoms with Crippen LogP contribution < -0.4 is 4.74 Å². The Kier molecular flexibility index (Phi) is 4.55. The van der Waals surface area contributed by atoms with Gasteiger partial charge in [-0.05, 0) is 24.3 Å². The fourth-order valence-corrected chi connectivity index (χ4v) is 1.60. The number of carbonyl (C=O) groups excluding carboxylic acids is 2. The zero-order chi connectivity index (χ0) is 14.4. The van der Waals surface area contributed by atoms with Crippen molar-refractivity contribution in [3.8, 4) is 5.75 Å². The topological polar surface area (TPSA) is 65.7 Å². The fourth-order valence-electron chi connectivity index (χ4n) is 1.60. The Morgan fingerprint density at radius 2 is 1.75 bits per heavy atom. The first-order valence-corrected chi connectivity index (χ1v) is 6.10. The molecule has 104 valence electrons. The molecule has 1 aromatic carbocycles. The van der Waals surface area contributed by atoms with Crippen LogP contribution in [0.25, 0.3) is 0 Å². The van der Waals surface area contributed by atoms with Crippen LogP contribution >= 0.6 is 0 Å². The van der Waals surface area contributed by atoms with Gasteiger partial charge < -0.3 is 13.9 Å². The van der Waals surface area contributed by atoms with Crippen LogP contribution in [0.2, 0.25) is 0 Å². The Labute approximate surface area is 116 Å². The normalized spacial score (nSPS) is 10.1. The number of hydrogen-bond donors (Lipinski definition) is 0. The molecule has 0 bridgehead atoms. The van der Waals surface area contributed by atoms with Crippen LogP contribution in [0.1, 0.15) is 27.5 Å². The van der Waals surface area contributed by atoms with Gasteiger partial charge in [0.2, 0.25) is 11.5 Å². The molecule has 0 saturated carbocycles. The zero-order valence-electron chi connectivity index (χ0n) is 11.0. The number of ketones is 1. The van der Waals surface area contributed by atoms with E-state index in [9.17, 15) is 9.59 Å². The molecule has 0 saturated heterocycles. The minimum Gasteiger partial charge on any atom is -0.493 e. The summed E-state index contributed by atoms with van der Waals surface area (Å²) in [7, 11) is 1.25. The third kappa shape index (κ3) is 3.47. The molecular weight excluding hydrogens is 260 g/mol. The molecule has 0 amide bonds. The molecule has 20 heavy (non-hydrogen) atoms. The van der Waals surface area contributed by atoms with Crippen LogP contribution in [0.5, 0.6) is 5.75 Å². The van der Waals surface area contributed by atoms with E-state index in [2.05, 4.69) is 4.74 Å². The van der Waals surface area contributed by atoms with Gasteiger partial charge in [0.15, 0.2) is 5.76 Å². The van der Waals surface area contributed by atoms with Crippen LogP contribution in [0.4, 0.5) is 0 Å². The minimum absolute atomic E-state index is 0.0137. The van der Waals surface area contributed by atoms with Gasteiger partial charge >= 0.3 is 5.97 Å². The Hall–Kier alpha value is -2.56. The number of Topliss-reactive ketones (excluding diaryl/α,β-unsaturated/α-hetero) is 1. The van der Waals surface area contributed by atoms with Gasteiger partial charge in [0.25, 0.3) is 0 Å². The molecule has 0 radical (unpaired) electrons. The predicted octanol–water partition coefficient (Wildman–Crippen LogP) is 2.72. The number of ether oxygens (including phenoxy) is 2. The quantitative estimate of drug-likeness (QED) is 0.598. The van der Waals surface area contributed by atoms with E-state index >= 15 is 0 Å². The van der Waals surface area contributed by atoms with Crippen molar-refractivity contribution in [2.24, 2.45) is 0 Å². The monoisotopic (exact) mass is 274 g/mol. The first kappa shape index (κ1) is 13.9. The van der Waals surface area contributed by atoms with Crippen molar-refractivity contribution in [1.82, 2.24) is 0 Å². The second-order valence-corrected chi connectivity index (χ2v) is 3.99. The average Bonchev–Trinajstić information content (AvgIpc) is 2.97. The SMILES string of the molecule is COC(=O)c1ccc(C(=O)CCOc2ccccc2)o1. The summed E-state index contributed by atoms with van der Waals surface area (Å²) in [5.74, 6) is 0.0116. The van der Waals surface area contributed by atoms with Gasteiger partial charge in [0, 0.05) is 6.42 Å². The van der Waals surface area contributed by atoms with Crippen molar-refractivity contribution in [3.05, 3.63) is 54.0 Å². The second kappa shape index (κ2) is 6.56. The molecule has 1 aromatic heterocycles. The molecule has 0 aliphatic rings. The standard InChI is InChI=1S/C15H14O5/c1-18-15(17)14-8-7-13(20-14)12(16)9-10-19-11-5-3-2-4-6-11/h2-8H,9-10H2,1H3. The molecule has 0 atom stereocenters. The first-order chi connectivity index (χ1) is 9.70. The van der Waals surface area contributed by atoms with Crippen molar-refractivity contribution >= 4 is 11.8 Å². The summed E-state index contributed by atoms with van der Waals surface area (Å²) in [5.41, 5.74) is 0. The molecule has 5 heteroatoms. The molecule has 0 spiro atoms. The molecule has 1 heterocycles. The highest BCUT2D eigenvalue weighted by Gasteiger charge is 2.15. The van der Waals surface area contributed by atoms with Crippen molar-refractivity contribution in [1.29, 1.82) is 0 Å². The van der Waals surface area contributed by atoms with E-state index in [1.165, 1.54) is 19.2 Å². The summed E-state index contributed by atoms with van der Waals surface area (Å²) in [6, 6.07) is 12.1. The van der Waals surface area contributed by atoms with Gasteiger partial charge in [0.05, 0.1) is 13.7 Å². The maximum absolute atomic E-state index is 11.8. The Morgan fingerprint density at radius 1 is 1.05 bits per heavy atom. The molecular formula is C15H14O5. The largest absolute Gasteiger partial charge is 0.493 e. The number of benzene rings is 1. The lowest BCUT2D eigenvalue weighted by molar-refractivity contribution is 0.0563. The smallest absolute Gasteiger partial charge is 0.373 e. The van der Waals surface area contributed by atoms with E-state index in [1.54, 1.807) is 0 Å². The van der Waals surface area contributed by atoms with E-state index < -0.39 is 5.97 Å². The van der Waals surface area contributed by atoms with Gasteiger partial charge in [0.1, 0.15) is 5.75 Å². The van der Waals surface area contributed by atoms with Gasteiger partial charge in [-0.1, -0.05) is 18.2 Å². The lowest BCUT2D eigenvalue weighted by atomic mass is 10.2. The van der Waals surface area contributed by atoms with E-state index in [0.717, 1.165) is 0 Å². The van der Waals surface area contributed by atoms with Crippen molar-refractivity contribution in [2.45, 2.75) is 6.42 Å². The van der Waals surface area contributed by atoms with Crippen LogP contribution in [0, 0.1) is 0 Å². The Balaban J connectivity index is 1.86. The average molecular weight is 274 g/mol. The van der Waals surface area contributed by atoms with Gasteiger partial charge in [-0.15, -0.1) is 0 Å². The highest BCUT2D eigenvalue weighted by Crippen LogP contribution is 2.13. The number of carbonyl (C=O) groups is 2. The number of furan rings is 1. The highest BCUT2D eigenvalue weighted by molar-refractivity contribution is 5.95. The molecule has 0 unspecified atom stereocenters. The number of rotatable bonds is 6. The second-order valence-electron chi connectivity index (χ2n) is 3.99. The maximum atomic E-state index is 11.8. The van der Waals surface area contributed by atoms with Crippen LogP contribution in [-0.2, 0) is 4.74 Å². The molecule has 0 N–H and O–H groups in total. The predicted molar refractivity (Wildman–Crippen MR) is 70.9 cm³/mol. The molecule has 0 aliphatic carbocycles. The third-order valence-corrected chi connectivity index (χ3v) is 2.61. The van der Waals surface area contributed by atoms with E-state index in [0.29, 0.717) is 5.75 Å². The minimum atomic E-state index is -0.607. The molecule has 2 rings (SSSR count). The summed E-state index contributed by atoms with van der Waals surface area (Å²) in [6.07, 6.45) is 0.170. The van der Waals surface area contributed by atoms with Crippen LogP contribution in [0.15, 0.2) is 46.9 Å². The molecule has 2 aromatic rings. The summed E-state index contributed by atoms with van der Waals surface area (Å²) in [5, 5.41) is 0. The van der Waals surface area contributed by atoms with Crippen LogP contribution in [0.3, 0.4) is 0 Å². The van der Waals surface area contributed by atoms with Crippen molar-refractivity contribution < 1.29 is 23.5 Å². The lowest BCUT2D eigenvalue weighted by Gasteiger charge is -2.04. The van der Waals surface area contributed by atoms with Gasteiger partial charge in [-0.25, -0.2) is 4.79 Å². The van der Waals surface area contributed by atoms with Crippen molar-refractivity contribution in [3.63, 3.8) is 0 Å². The first-order valence-electron chi connectivity index (χ1n) is 6.10. The number of hydrogen-bond acceptors (Lipinski definition) is 5. The Bertz CT molecular complexity index is 585. The Morgan fingerprint density at radius 3 is 2.45 bits per heavy atom. The number of para-hydroxylation sites is 1. The maximum Gasteiger partial charge on any atom is 0.373 e. The summed E-state index contributed by atoms with van der Waals surface area (Å²) >= 11 is 0. The number of methoxy groups -OCH3 is 1. The van der Waals surface area contributed by atoms with Gasteiger partial charge in [-0.2, -0.15) is 0 Å². The molecule has 0 aliphatic heterocycles. The lowest BCUT2D eigenvalue weighted by Crippen LogP contribution is -2.06. The summed E-state index contributed by atoms with van der Waals surface area (Å²) in [6.45, 7) is 0.247. The zero-order valence-corrected chi connectivity index (χ0v) is 11.0. The van der Waals surface area contributed by atoms with E-state index in [4.69, 9.17) is 9.15 Å². The van der Waals surface area contributed by atoms with E-state index in [-0.39, 0.29) is 30.3 Å². The summed E-state index contributed by atoms with van der Waals surface area (Å²) < 4.78 is 15.0. The molecule has 0 fully saturated rings. The van der Waals surface area contributed by atoms with Crippen LogP contribution in [-0.4, -0.2) is 25.5 Å². The third-order valence-electron chi connectivity index (χ3n) is 2.61. The number of esters is 1. The molecule has 5 nitrogen and oxygen atoms in total. The van der Waals surface area contributed by atoms with E-state index in [1.807, 2.05) is 30.3 Å². The fraction of sp³-hybridized carbons (Fsp3) is 0.200.